The Morgan fingerprint density at radius 3 is 2.66 bits per heavy atom. The van der Waals surface area contributed by atoms with Gasteiger partial charge in [0.2, 0.25) is 5.91 Å². The van der Waals surface area contributed by atoms with Gasteiger partial charge in [-0.1, -0.05) is 12.1 Å². The maximum atomic E-state index is 13.3. The first-order chi connectivity index (χ1) is 13.9. The van der Waals surface area contributed by atoms with Crippen LogP contribution >= 0.6 is 0 Å². The summed E-state index contributed by atoms with van der Waals surface area (Å²) in [6.07, 6.45) is 0. The minimum atomic E-state index is -0.475. The van der Waals surface area contributed by atoms with Crippen molar-refractivity contribution >= 4 is 22.8 Å². The molecule has 3 N–H and O–H groups in total. The van der Waals surface area contributed by atoms with E-state index in [9.17, 15) is 9.18 Å². The number of benzene rings is 2. The predicted octanol–water partition coefficient (Wildman–Crippen LogP) is 3.19. The van der Waals surface area contributed by atoms with Crippen molar-refractivity contribution in [1.29, 1.82) is 0 Å². The largest absolute Gasteiger partial charge is 0.366 e. The number of hydrogen-bond acceptors (Lipinski definition) is 5. The molecule has 0 saturated carbocycles. The average Bonchev–Trinajstić information content (AvgIpc) is 3.00. The van der Waals surface area contributed by atoms with Gasteiger partial charge in [0.1, 0.15) is 16.9 Å². The molecule has 146 valence electrons. The topological polar surface area (TPSA) is 98.7 Å². The third-order valence-corrected chi connectivity index (χ3v) is 4.62. The van der Waals surface area contributed by atoms with Gasteiger partial charge in [-0.25, -0.2) is 14.4 Å². The molecule has 2 heterocycles. The van der Waals surface area contributed by atoms with Crippen molar-refractivity contribution in [2.24, 2.45) is 12.8 Å². The monoisotopic (exact) mass is 390 g/mol. The fourth-order valence-corrected chi connectivity index (χ4v) is 3.21. The van der Waals surface area contributed by atoms with Crippen LogP contribution in [-0.4, -0.2) is 25.7 Å². The predicted molar refractivity (Wildman–Crippen MR) is 109 cm³/mol. The molecule has 8 heteroatoms. The second kappa shape index (κ2) is 7.31. The molecule has 0 unspecified atom stereocenters. The molecule has 0 bridgehead atoms. The number of carbonyl (C=O) groups is 1. The smallest absolute Gasteiger partial charge is 0.248 e. The number of amides is 1. The van der Waals surface area contributed by atoms with Gasteiger partial charge in [0.15, 0.2) is 11.6 Å². The molecule has 0 spiro atoms. The van der Waals surface area contributed by atoms with Crippen molar-refractivity contribution in [3.63, 3.8) is 0 Å². The number of nitrogens with two attached hydrogens (primary N) is 1. The molecule has 4 aromatic rings. The highest BCUT2D eigenvalue weighted by atomic mass is 19.1. The van der Waals surface area contributed by atoms with Crippen LogP contribution in [0.1, 0.15) is 21.6 Å². The molecule has 1 amide bonds. The lowest BCUT2D eigenvalue weighted by atomic mass is 10.1. The number of carbonyl (C=O) groups excluding carboxylic acids is 1. The Hall–Kier alpha value is -3.81. The molecule has 7 nitrogen and oxygen atoms in total. The molecule has 2 aromatic heterocycles. The van der Waals surface area contributed by atoms with E-state index in [0.717, 1.165) is 22.3 Å². The molecule has 0 aliphatic rings. The number of aromatic nitrogens is 4. The lowest BCUT2D eigenvalue weighted by Gasteiger charge is -2.11. The highest BCUT2D eigenvalue weighted by Gasteiger charge is 2.16. The Bertz CT molecular complexity index is 1220. The van der Waals surface area contributed by atoms with Gasteiger partial charge in [-0.3, -0.25) is 9.48 Å². The van der Waals surface area contributed by atoms with Gasteiger partial charge in [-0.2, -0.15) is 5.10 Å². The molecule has 29 heavy (non-hydrogen) atoms. The van der Waals surface area contributed by atoms with Gasteiger partial charge in [-0.15, -0.1) is 0 Å². The minimum absolute atomic E-state index is 0.319. The second-order valence-corrected chi connectivity index (χ2v) is 6.73. The molecule has 0 radical (unpaired) electrons. The summed E-state index contributed by atoms with van der Waals surface area (Å²) in [7, 11) is 1.83. The first kappa shape index (κ1) is 18.5. The molecule has 4 rings (SSSR count). The maximum absolute atomic E-state index is 13.3. The molecule has 0 atom stereocenters. The van der Waals surface area contributed by atoms with Crippen molar-refractivity contribution in [1.82, 2.24) is 19.7 Å². The van der Waals surface area contributed by atoms with Crippen LogP contribution in [0.3, 0.4) is 0 Å². The number of fused-ring (bicyclic) bond motifs is 1. The normalized spacial score (nSPS) is 11.0. The van der Waals surface area contributed by atoms with E-state index < -0.39 is 5.91 Å². The second-order valence-electron chi connectivity index (χ2n) is 6.73. The van der Waals surface area contributed by atoms with Gasteiger partial charge >= 0.3 is 0 Å². The summed E-state index contributed by atoms with van der Waals surface area (Å²) in [5.41, 5.74) is 9.65. The van der Waals surface area contributed by atoms with E-state index in [-0.39, 0.29) is 5.82 Å². The standard InChI is InChI=1S/C21H19FN6O/c1-12-17-18(28(2)27-12)21(24-11-13-4-3-5-15(10-13)19(23)29)26-20(25-17)14-6-8-16(22)9-7-14/h3-10H,11H2,1-2H3,(H2,23,29)(H,24,25,26). The van der Waals surface area contributed by atoms with Crippen molar-refractivity contribution in [3.05, 3.63) is 71.2 Å². The zero-order valence-corrected chi connectivity index (χ0v) is 16.0. The van der Waals surface area contributed by atoms with E-state index >= 15 is 0 Å². The Morgan fingerprint density at radius 2 is 1.93 bits per heavy atom. The third kappa shape index (κ3) is 3.64. The Morgan fingerprint density at radius 1 is 1.17 bits per heavy atom. The number of aryl methyl sites for hydroxylation is 2. The summed E-state index contributed by atoms with van der Waals surface area (Å²) >= 11 is 0. The van der Waals surface area contributed by atoms with Crippen LogP contribution in [0.4, 0.5) is 10.2 Å². The van der Waals surface area contributed by atoms with Gasteiger partial charge in [0, 0.05) is 24.7 Å². The van der Waals surface area contributed by atoms with Gasteiger partial charge in [0.05, 0.1) is 5.69 Å². The first-order valence-electron chi connectivity index (χ1n) is 9.02. The van der Waals surface area contributed by atoms with Crippen molar-refractivity contribution < 1.29 is 9.18 Å². The number of nitrogens with zero attached hydrogens (tertiary/aromatic N) is 4. The van der Waals surface area contributed by atoms with E-state index in [4.69, 9.17) is 5.73 Å². The summed E-state index contributed by atoms with van der Waals surface area (Å²) in [5.74, 6) is 0.279. The van der Waals surface area contributed by atoms with E-state index in [1.165, 1.54) is 12.1 Å². The van der Waals surface area contributed by atoms with Crippen LogP contribution in [-0.2, 0) is 13.6 Å². The van der Waals surface area contributed by atoms with Crippen molar-refractivity contribution in [2.75, 3.05) is 5.32 Å². The van der Waals surface area contributed by atoms with Crippen molar-refractivity contribution in [2.45, 2.75) is 13.5 Å². The molecule has 0 fully saturated rings. The molecule has 2 aromatic carbocycles. The van der Waals surface area contributed by atoms with E-state index in [1.807, 2.05) is 20.0 Å². The Labute approximate surface area is 166 Å². The van der Waals surface area contributed by atoms with Crippen LogP contribution in [0, 0.1) is 12.7 Å². The number of halogens is 1. The summed E-state index contributed by atoms with van der Waals surface area (Å²) < 4.78 is 15.0. The number of primary amides is 1. The maximum Gasteiger partial charge on any atom is 0.248 e. The van der Waals surface area contributed by atoms with Crippen LogP contribution < -0.4 is 11.1 Å². The third-order valence-electron chi connectivity index (χ3n) is 4.62. The van der Waals surface area contributed by atoms with Gasteiger partial charge in [-0.05, 0) is 48.9 Å². The Balaban J connectivity index is 1.75. The zero-order chi connectivity index (χ0) is 20.5. The quantitative estimate of drug-likeness (QED) is 0.545. The van der Waals surface area contributed by atoms with Crippen LogP contribution in [0.25, 0.3) is 22.4 Å². The highest BCUT2D eigenvalue weighted by molar-refractivity contribution is 5.93. The van der Waals surface area contributed by atoms with E-state index in [2.05, 4.69) is 20.4 Å². The summed E-state index contributed by atoms with van der Waals surface area (Å²) in [5, 5.41) is 7.75. The summed E-state index contributed by atoms with van der Waals surface area (Å²) in [6.45, 7) is 2.31. The molecule has 0 saturated heterocycles. The summed E-state index contributed by atoms with van der Waals surface area (Å²) in [6, 6.07) is 13.1. The Kier molecular flexibility index (Phi) is 4.67. The number of anilines is 1. The lowest BCUT2D eigenvalue weighted by Crippen LogP contribution is -2.12. The first-order valence-corrected chi connectivity index (χ1v) is 9.02. The minimum Gasteiger partial charge on any atom is -0.366 e. The van der Waals surface area contributed by atoms with Crippen LogP contribution in [0.15, 0.2) is 48.5 Å². The number of rotatable bonds is 5. The van der Waals surface area contributed by atoms with Gasteiger partial charge < -0.3 is 11.1 Å². The fraction of sp³-hybridized carbons (Fsp3) is 0.143. The number of nitrogens with one attached hydrogen (secondary N) is 1. The molecule has 0 aliphatic carbocycles. The zero-order valence-electron chi connectivity index (χ0n) is 16.0. The van der Waals surface area contributed by atoms with Crippen LogP contribution in [0.5, 0.6) is 0 Å². The van der Waals surface area contributed by atoms with Crippen molar-refractivity contribution in [3.8, 4) is 11.4 Å². The average molecular weight is 390 g/mol. The summed E-state index contributed by atoms with van der Waals surface area (Å²) in [4.78, 5) is 20.7. The van der Waals surface area contributed by atoms with Gasteiger partial charge in [0.25, 0.3) is 0 Å². The van der Waals surface area contributed by atoms with E-state index in [1.54, 1.807) is 35.0 Å². The fourth-order valence-electron chi connectivity index (χ4n) is 3.21. The molecular formula is C21H19FN6O. The van der Waals surface area contributed by atoms with E-state index in [0.29, 0.717) is 29.3 Å². The molecule has 0 aliphatic heterocycles. The molecular weight excluding hydrogens is 371 g/mol. The van der Waals surface area contributed by atoms with Crippen LogP contribution in [0.2, 0.25) is 0 Å². The highest BCUT2D eigenvalue weighted by Crippen LogP contribution is 2.27. The number of hydrogen-bond donors (Lipinski definition) is 2. The SMILES string of the molecule is Cc1nn(C)c2c(NCc3cccc(C(N)=O)c3)nc(-c3ccc(F)cc3)nc12. The lowest BCUT2D eigenvalue weighted by molar-refractivity contribution is 0.1000.